The third-order valence-electron chi connectivity index (χ3n) is 1.79. The van der Waals surface area contributed by atoms with Crippen molar-refractivity contribution in [2.75, 3.05) is 0 Å². The third kappa shape index (κ3) is 2.73. The Bertz CT molecular complexity index is 393. The summed E-state index contributed by atoms with van der Waals surface area (Å²) in [6.45, 7) is 0. The molecule has 15 heavy (non-hydrogen) atoms. The van der Waals surface area contributed by atoms with Gasteiger partial charge in [-0.2, -0.15) is 0 Å². The van der Waals surface area contributed by atoms with Crippen LogP contribution in [-0.2, 0) is 9.59 Å². The van der Waals surface area contributed by atoms with Gasteiger partial charge in [0.05, 0.1) is 12.1 Å². The Hall–Kier alpha value is -1.98. The van der Waals surface area contributed by atoms with Crippen molar-refractivity contribution in [1.82, 2.24) is 4.98 Å². The summed E-state index contributed by atoms with van der Waals surface area (Å²) in [5.41, 5.74) is -0.354. The monoisotopic (exact) mass is 213 g/mol. The van der Waals surface area contributed by atoms with Gasteiger partial charge in [0.2, 0.25) is 0 Å². The normalized spacial score (nSPS) is 12.1. The highest BCUT2D eigenvalue weighted by molar-refractivity contribution is 5.81. The van der Waals surface area contributed by atoms with E-state index in [-0.39, 0.29) is 5.69 Å². The molecule has 1 aromatic rings. The van der Waals surface area contributed by atoms with Gasteiger partial charge >= 0.3 is 11.9 Å². The maximum atomic E-state index is 13.1. The lowest BCUT2D eigenvalue weighted by molar-refractivity contribution is -0.145. The van der Waals surface area contributed by atoms with E-state index in [4.69, 9.17) is 10.2 Å². The molecule has 0 bridgehead atoms. The van der Waals surface area contributed by atoms with Crippen molar-refractivity contribution in [3.05, 3.63) is 29.8 Å². The zero-order valence-corrected chi connectivity index (χ0v) is 7.55. The van der Waals surface area contributed by atoms with Gasteiger partial charge in [-0.1, -0.05) is 0 Å². The minimum Gasteiger partial charge on any atom is -0.481 e. The Balaban J connectivity index is 3.04. The molecule has 1 atom stereocenters. The minimum absolute atomic E-state index is 0.354. The number of aromatic nitrogens is 1. The molecule has 0 aliphatic heterocycles. The molecule has 0 fully saturated rings. The lowest BCUT2D eigenvalue weighted by Gasteiger charge is -2.09. The molecule has 2 N–H and O–H groups in total. The molecule has 0 amide bonds. The first-order chi connectivity index (χ1) is 7.02. The van der Waals surface area contributed by atoms with E-state index in [9.17, 15) is 14.0 Å². The summed E-state index contributed by atoms with van der Waals surface area (Å²) in [6, 6.07) is 2.35. The largest absolute Gasteiger partial charge is 0.481 e. The smallest absolute Gasteiger partial charge is 0.313 e. The Morgan fingerprint density at radius 1 is 1.47 bits per heavy atom. The highest BCUT2D eigenvalue weighted by Crippen LogP contribution is 2.20. The maximum Gasteiger partial charge on any atom is 0.313 e. The predicted molar refractivity (Wildman–Crippen MR) is 46.8 cm³/mol. The Morgan fingerprint density at radius 3 is 2.60 bits per heavy atom. The van der Waals surface area contributed by atoms with Gasteiger partial charge in [0.15, 0.2) is 0 Å². The molecule has 1 unspecified atom stereocenters. The fraction of sp³-hybridized carbons (Fsp3) is 0.222. The van der Waals surface area contributed by atoms with Crippen molar-refractivity contribution in [2.45, 2.75) is 12.3 Å². The van der Waals surface area contributed by atoms with Gasteiger partial charge in [-0.05, 0) is 12.1 Å². The molecule has 1 aromatic heterocycles. The van der Waals surface area contributed by atoms with E-state index in [1.54, 1.807) is 0 Å². The lowest BCUT2D eigenvalue weighted by Crippen LogP contribution is -2.18. The van der Waals surface area contributed by atoms with E-state index >= 15 is 0 Å². The number of hydrogen-bond acceptors (Lipinski definition) is 3. The van der Waals surface area contributed by atoms with Crippen LogP contribution in [0.1, 0.15) is 18.0 Å². The molecule has 0 saturated heterocycles. The molecule has 0 aliphatic rings. The number of carboxylic acids is 2. The van der Waals surface area contributed by atoms with Crippen molar-refractivity contribution in [3.63, 3.8) is 0 Å². The molecular formula is C9H8FNO4. The van der Waals surface area contributed by atoms with Crippen LogP contribution in [0.5, 0.6) is 0 Å². The van der Waals surface area contributed by atoms with Crippen LogP contribution in [0.25, 0.3) is 0 Å². The molecule has 1 rings (SSSR count). The van der Waals surface area contributed by atoms with Gasteiger partial charge < -0.3 is 10.2 Å². The van der Waals surface area contributed by atoms with Crippen molar-refractivity contribution in [3.8, 4) is 0 Å². The quantitative estimate of drug-likeness (QED) is 0.774. The number of aliphatic carboxylic acids is 2. The average molecular weight is 213 g/mol. The second-order valence-corrected chi connectivity index (χ2v) is 2.86. The molecule has 0 radical (unpaired) electrons. The number of carboxylic acid groups (broad SMARTS) is 2. The molecule has 0 spiro atoms. The van der Waals surface area contributed by atoms with E-state index in [0.29, 0.717) is 0 Å². The molecular weight excluding hydrogens is 205 g/mol. The first-order valence-electron chi connectivity index (χ1n) is 4.07. The predicted octanol–water partition coefficient (Wildman–Crippen LogP) is 0.864. The number of hydrogen-bond donors (Lipinski definition) is 2. The van der Waals surface area contributed by atoms with E-state index in [0.717, 1.165) is 6.07 Å². The summed E-state index contributed by atoms with van der Waals surface area (Å²) >= 11 is 0. The van der Waals surface area contributed by atoms with Crippen LogP contribution in [0.15, 0.2) is 18.3 Å². The van der Waals surface area contributed by atoms with Crippen LogP contribution in [0.4, 0.5) is 4.39 Å². The van der Waals surface area contributed by atoms with Crippen LogP contribution < -0.4 is 0 Å². The highest BCUT2D eigenvalue weighted by Gasteiger charge is 2.26. The van der Waals surface area contributed by atoms with Crippen molar-refractivity contribution >= 4 is 11.9 Å². The molecule has 1 heterocycles. The average Bonchev–Trinajstić information content (AvgIpc) is 2.15. The topological polar surface area (TPSA) is 87.5 Å². The van der Waals surface area contributed by atoms with Crippen LogP contribution in [0.3, 0.4) is 0 Å². The van der Waals surface area contributed by atoms with Crippen molar-refractivity contribution < 1.29 is 24.2 Å². The molecule has 6 heteroatoms. The molecule has 0 saturated carbocycles. The van der Waals surface area contributed by atoms with E-state index < -0.39 is 30.1 Å². The maximum absolute atomic E-state index is 13.1. The van der Waals surface area contributed by atoms with Gasteiger partial charge in [0, 0.05) is 6.20 Å². The van der Waals surface area contributed by atoms with Crippen LogP contribution in [-0.4, -0.2) is 27.1 Å². The van der Waals surface area contributed by atoms with Gasteiger partial charge in [-0.15, -0.1) is 0 Å². The second-order valence-electron chi connectivity index (χ2n) is 2.86. The lowest BCUT2D eigenvalue weighted by atomic mass is 10.0. The molecule has 0 aliphatic carbocycles. The first-order valence-corrected chi connectivity index (χ1v) is 4.07. The summed E-state index contributed by atoms with van der Waals surface area (Å²) < 4.78 is 13.1. The van der Waals surface area contributed by atoms with E-state index in [2.05, 4.69) is 4.98 Å². The summed E-state index contributed by atoms with van der Waals surface area (Å²) in [5.74, 6) is -4.99. The number of rotatable bonds is 4. The summed E-state index contributed by atoms with van der Waals surface area (Å²) in [7, 11) is 0. The summed E-state index contributed by atoms with van der Waals surface area (Å²) in [5, 5.41) is 17.2. The first kappa shape index (κ1) is 11.1. The second kappa shape index (κ2) is 4.50. The third-order valence-corrected chi connectivity index (χ3v) is 1.79. The van der Waals surface area contributed by atoms with Gasteiger partial charge in [-0.25, -0.2) is 4.39 Å². The fourth-order valence-electron chi connectivity index (χ4n) is 1.13. The van der Waals surface area contributed by atoms with Crippen molar-refractivity contribution in [1.29, 1.82) is 0 Å². The van der Waals surface area contributed by atoms with Gasteiger partial charge in [-0.3, -0.25) is 14.6 Å². The summed E-state index contributed by atoms with van der Waals surface area (Å²) in [4.78, 5) is 24.6. The SMILES string of the molecule is O=C(O)CC(C(=O)O)c1ncccc1F. The van der Waals surface area contributed by atoms with Gasteiger partial charge in [0.25, 0.3) is 0 Å². The summed E-state index contributed by atoms with van der Waals surface area (Å²) in [6.07, 6.45) is 0.527. The Kier molecular flexibility index (Phi) is 3.33. The van der Waals surface area contributed by atoms with E-state index in [1.165, 1.54) is 12.3 Å². The zero-order valence-electron chi connectivity index (χ0n) is 7.55. The van der Waals surface area contributed by atoms with Crippen LogP contribution in [0.2, 0.25) is 0 Å². The van der Waals surface area contributed by atoms with Crippen LogP contribution >= 0.6 is 0 Å². The van der Waals surface area contributed by atoms with Crippen molar-refractivity contribution in [2.24, 2.45) is 0 Å². The number of nitrogens with zero attached hydrogens (tertiary/aromatic N) is 1. The van der Waals surface area contributed by atoms with Crippen LogP contribution in [0, 0.1) is 5.82 Å². The Morgan fingerprint density at radius 2 is 2.13 bits per heavy atom. The van der Waals surface area contributed by atoms with Gasteiger partial charge in [0.1, 0.15) is 11.7 Å². The highest BCUT2D eigenvalue weighted by atomic mass is 19.1. The number of halogens is 1. The number of carbonyl (C=O) groups is 2. The number of pyridine rings is 1. The Labute approximate surface area is 84.2 Å². The standard InChI is InChI=1S/C9H8FNO4/c10-6-2-1-3-11-8(6)5(9(14)15)4-7(12)13/h1-3,5H,4H2,(H,12,13)(H,14,15). The fourth-order valence-corrected chi connectivity index (χ4v) is 1.13. The minimum atomic E-state index is -1.45. The zero-order chi connectivity index (χ0) is 11.4. The van der Waals surface area contributed by atoms with E-state index in [1.807, 2.05) is 0 Å². The molecule has 5 nitrogen and oxygen atoms in total. The molecule has 0 aromatic carbocycles. The molecule has 80 valence electrons.